The maximum atomic E-state index is 12.0. The fourth-order valence-electron chi connectivity index (χ4n) is 3.55. The average Bonchev–Trinajstić information content (AvgIpc) is 3.14. The molecule has 4 heterocycles. The van der Waals surface area contributed by atoms with Gasteiger partial charge >= 0.3 is 6.09 Å². The Kier molecular flexibility index (Phi) is 5.94. The molecule has 1 fully saturated rings. The number of hydrogen-bond acceptors (Lipinski definition) is 6. The largest absolute Gasteiger partial charge is 0.450 e. The number of carbonyl (C=O) groups excluding carboxylic acids is 1. The van der Waals surface area contributed by atoms with Crippen molar-refractivity contribution in [3.05, 3.63) is 52.8 Å². The van der Waals surface area contributed by atoms with Crippen molar-refractivity contribution in [3.8, 4) is 0 Å². The average molecular weight is 459 g/mol. The number of imidazole rings is 1. The van der Waals surface area contributed by atoms with E-state index in [-0.39, 0.29) is 12.0 Å². The van der Waals surface area contributed by atoms with Crippen LogP contribution >= 0.6 is 15.9 Å². The number of rotatable bonds is 5. The summed E-state index contributed by atoms with van der Waals surface area (Å²) in [7, 11) is 0. The van der Waals surface area contributed by atoms with Crippen LogP contribution in [0.25, 0.3) is 5.65 Å². The van der Waals surface area contributed by atoms with E-state index in [0.29, 0.717) is 26.2 Å². The molecular weight excluding hydrogens is 436 g/mol. The van der Waals surface area contributed by atoms with Gasteiger partial charge in [0.25, 0.3) is 0 Å². The monoisotopic (exact) mass is 458 g/mol. The Bertz CT molecular complexity index is 985. The number of pyridine rings is 1. The topological polar surface area (TPSA) is 84.7 Å². The Balaban J connectivity index is 1.54. The second kappa shape index (κ2) is 8.77. The third-order valence-electron chi connectivity index (χ3n) is 5.09. The highest BCUT2D eigenvalue weighted by Gasteiger charge is 2.26. The van der Waals surface area contributed by atoms with Crippen molar-refractivity contribution in [1.82, 2.24) is 24.3 Å². The predicted molar refractivity (Wildman–Crippen MR) is 113 cm³/mol. The fraction of sp³-hybridized carbons (Fsp3) is 0.400. The number of piperidine rings is 1. The maximum absolute atomic E-state index is 12.0. The molecule has 1 aliphatic heterocycles. The van der Waals surface area contributed by atoms with E-state index in [1.165, 1.54) is 0 Å². The number of nitrogens with zero attached hydrogens (tertiary/aromatic N) is 5. The first kappa shape index (κ1) is 19.6. The van der Waals surface area contributed by atoms with Crippen molar-refractivity contribution in [2.24, 2.45) is 0 Å². The van der Waals surface area contributed by atoms with E-state index in [0.717, 1.165) is 40.2 Å². The van der Waals surface area contributed by atoms with E-state index in [1.54, 1.807) is 17.3 Å². The number of ether oxygens (including phenoxy) is 1. The Morgan fingerprint density at radius 3 is 2.90 bits per heavy atom. The molecule has 1 aliphatic rings. The molecule has 9 heteroatoms. The summed E-state index contributed by atoms with van der Waals surface area (Å²) >= 11 is 3.57. The first-order valence-electron chi connectivity index (χ1n) is 9.73. The first-order valence-corrected chi connectivity index (χ1v) is 10.5. The van der Waals surface area contributed by atoms with Crippen LogP contribution in [0.2, 0.25) is 0 Å². The standard InChI is InChI=1S/C20H23BrN6O2/c1-2-29-20(28)26-8-5-15(6-9-26)16-13-27-17(21)12-24-19(27)18(25-16)23-11-14-4-3-7-22-10-14/h3-4,7,10,12-13,15H,2,5-6,8-9,11H2,1H3,(H,23,25). The molecule has 1 saturated heterocycles. The van der Waals surface area contributed by atoms with E-state index in [4.69, 9.17) is 9.72 Å². The highest BCUT2D eigenvalue weighted by molar-refractivity contribution is 9.10. The summed E-state index contributed by atoms with van der Waals surface area (Å²) in [5.41, 5.74) is 2.84. The number of halogens is 1. The second-order valence-corrected chi connectivity index (χ2v) is 7.78. The minimum Gasteiger partial charge on any atom is -0.450 e. The van der Waals surface area contributed by atoms with Gasteiger partial charge in [0.2, 0.25) is 0 Å². The molecule has 0 radical (unpaired) electrons. The zero-order valence-corrected chi connectivity index (χ0v) is 17.8. The first-order chi connectivity index (χ1) is 14.2. The van der Waals surface area contributed by atoms with Gasteiger partial charge in [-0.25, -0.2) is 14.8 Å². The van der Waals surface area contributed by atoms with Crippen LogP contribution in [-0.2, 0) is 11.3 Å². The predicted octanol–water partition coefficient (Wildman–Crippen LogP) is 3.83. The summed E-state index contributed by atoms with van der Waals surface area (Å²) in [6.07, 6.45) is 8.88. The van der Waals surface area contributed by atoms with Crippen molar-refractivity contribution in [2.75, 3.05) is 25.0 Å². The molecule has 0 spiro atoms. The summed E-state index contributed by atoms with van der Waals surface area (Å²) in [6.45, 7) is 4.19. The highest BCUT2D eigenvalue weighted by atomic mass is 79.9. The number of likely N-dealkylation sites (tertiary alicyclic amines) is 1. The molecule has 152 valence electrons. The number of amides is 1. The lowest BCUT2D eigenvalue weighted by Gasteiger charge is -2.31. The van der Waals surface area contributed by atoms with Crippen molar-refractivity contribution in [1.29, 1.82) is 0 Å². The summed E-state index contributed by atoms with van der Waals surface area (Å²) in [5.74, 6) is 1.02. The second-order valence-electron chi connectivity index (χ2n) is 6.96. The highest BCUT2D eigenvalue weighted by Crippen LogP contribution is 2.30. The summed E-state index contributed by atoms with van der Waals surface area (Å²) in [5, 5.41) is 3.40. The van der Waals surface area contributed by atoms with Gasteiger partial charge in [0.15, 0.2) is 11.5 Å². The van der Waals surface area contributed by atoms with Crippen molar-refractivity contribution < 1.29 is 9.53 Å². The van der Waals surface area contributed by atoms with E-state index in [2.05, 4.69) is 31.2 Å². The Morgan fingerprint density at radius 1 is 1.34 bits per heavy atom. The fourth-order valence-corrected chi connectivity index (χ4v) is 3.93. The van der Waals surface area contributed by atoms with Crippen LogP contribution in [0.1, 0.15) is 36.9 Å². The molecule has 8 nitrogen and oxygen atoms in total. The Hall–Kier alpha value is -2.68. The molecule has 0 bridgehead atoms. The van der Waals surface area contributed by atoms with Crippen LogP contribution in [0.3, 0.4) is 0 Å². The van der Waals surface area contributed by atoms with E-state index >= 15 is 0 Å². The van der Waals surface area contributed by atoms with E-state index < -0.39 is 0 Å². The minimum atomic E-state index is -0.231. The molecular formula is C20H23BrN6O2. The van der Waals surface area contributed by atoms with Crippen LogP contribution in [0.15, 0.2) is 41.5 Å². The van der Waals surface area contributed by atoms with Gasteiger partial charge in [-0.2, -0.15) is 0 Å². The molecule has 4 rings (SSSR count). The van der Waals surface area contributed by atoms with Gasteiger partial charge in [-0.15, -0.1) is 0 Å². The number of carbonyl (C=O) groups is 1. The van der Waals surface area contributed by atoms with Gasteiger partial charge in [0.1, 0.15) is 4.60 Å². The molecule has 3 aromatic rings. The zero-order chi connectivity index (χ0) is 20.2. The SMILES string of the molecule is CCOC(=O)N1CCC(c2cn3c(Br)cnc3c(NCc3cccnc3)n2)CC1. The molecule has 3 aromatic heterocycles. The van der Waals surface area contributed by atoms with E-state index in [1.807, 2.05) is 35.9 Å². The summed E-state index contributed by atoms with van der Waals surface area (Å²) in [6, 6.07) is 3.94. The van der Waals surface area contributed by atoms with E-state index in [9.17, 15) is 4.79 Å². The zero-order valence-electron chi connectivity index (χ0n) is 16.2. The minimum absolute atomic E-state index is 0.231. The van der Waals surface area contributed by atoms with Crippen LogP contribution in [0, 0.1) is 0 Å². The quantitative estimate of drug-likeness (QED) is 0.625. The molecule has 0 atom stereocenters. The number of fused-ring (bicyclic) bond motifs is 1. The molecule has 0 saturated carbocycles. The van der Waals surface area contributed by atoms with Crippen molar-refractivity contribution in [3.63, 3.8) is 0 Å². The van der Waals surface area contributed by atoms with Gasteiger partial charge in [0, 0.05) is 44.1 Å². The summed E-state index contributed by atoms with van der Waals surface area (Å²) < 4.78 is 8.00. The van der Waals surface area contributed by atoms with Crippen LogP contribution in [0.4, 0.5) is 10.6 Å². The number of hydrogen-bond donors (Lipinski definition) is 1. The molecule has 0 aromatic carbocycles. The summed E-state index contributed by atoms with van der Waals surface area (Å²) in [4.78, 5) is 27.3. The van der Waals surface area contributed by atoms with Crippen LogP contribution < -0.4 is 5.32 Å². The van der Waals surface area contributed by atoms with Crippen LogP contribution in [-0.4, -0.2) is 50.0 Å². The third-order valence-corrected chi connectivity index (χ3v) is 5.67. The smallest absolute Gasteiger partial charge is 0.409 e. The van der Waals surface area contributed by atoms with Crippen molar-refractivity contribution >= 4 is 33.5 Å². The maximum Gasteiger partial charge on any atom is 0.409 e. The Labute approximate surface area is 177 Å². The number of nitrogens with one attached hydrogen (secondary N) is 1. The number of anilines is 1. The lowest BCUT2D eigenvalue weighted by molar-refractivity contribution is 0.0968. The van der Waals surface area contributed by atoms with Gasteiger partial charge < -0.3 is 15.0 Å². The number of aromatic nitrogens is 4. The lowest BCUT2D eigenvalue weighted by atomic mass is 9.94. The van der Waals surface area contributed by atoms with Gasteiger partial charge in [-0.05, 0) is 47.3 Å². The molecule has 1 N–H and O–H groups in total. The molecule has 0 aliphatic carbocycles. The molecule has 29 heavy (non-hydrogen) atoms. The lowest BCUT2D eigenvalue weighted by Crippen LogP contribution is -2.38. The molecule has 1 amide bonds. The van der Waals surface area contributed by atoms with Gasteiger partial charge in [0.05, 0.1) is 18.5 Å². The van der Waals surface area contributed by atoms with Gasteiger partial charge in [-0.3, -0.25) is 9.38 Å². The molecule has 0 unspecified atom stereocenters. The van der Waals surface area contributed by atoms with Gasteiger partial charge in [-0.1, -0.05) is 6.07 Å². The third kappa shape index (κ3) is 4.34. The van der Waals surface area contributed by atoms with Crippen LogP contribution in [0.5, 0.6) is 0 Å². The normalized spacial score (nSPS) is 14.9. The Morgan fingerprint density at radius 2 is 2.17 bits per heavy atom. The van der Waals surface area contributed by atoms with Crippen molar-refractivity contribution in [2.45, 2.75) is 32.2 Å².